The number of allylic oxidation sites excluding steroid dienone is 2. The van der Waals surface area contributed by atoms with Crippen molar-refractivity contribution in [3.63, 3.8) is 0 Å². The third kappa shape index (κ3) is 2.56. The summed E-state index contributed by atoms with van der Waals surface area (Å²) in [6, 6.07) is 0. The first-order valence-corrected chi connectivity index (χ1v) is 6.74. The van der Waals surface area contributed by atoms with Crippen LogP contribution in [-0.4, -0.2) is 13.1 Å². The van der Waals surface area contributed by atoms with Crippen molar-refractivity contribution in [3.8, 4) is 0 Å². The molecule has 2 rings (SSSR count). The Morgan fingerprint density at radius 2 is 2.12 bits per heavy atom. The van der Waals surface area contributed by atoms with Crippen molar-refractivity contribution in [2.24, 2.45) is 16.7 Å². The standard InChI is InChI=1S/C15H24O2/c1-14(2,13(16)17-3)11-15(9-10-15)12-7-5-4-6-8-12/h4-5,12H,6-11H2,1-3H3. The van der Waals surface area contributed by atoms with Crippen molar-refractivity contribution in [1.82, 2.24) is 0 Å². The Morgan fingerprint density at radius 1 is 1.41 bits per heavy atom. The van der Waals surface area contributed by atoms with Gasteiger partial charge in [-0.1, -0.05) is 12.2 Å². The molecule has 2 aliphatic rings. The van der Waals surface area contributed by atoms with E-state index in [0.717, 1.165) is 12.3 Å². The van der Waals surface area contributed by atoms with Gasteiger partial charge in [0.05, 0.1) is 12.5 Å². The molecule has 0 aliphatic heterocycles. The Bertz CT molecular complexity index is 324. The predicted molar refractivity (Wildman–Crippen MR) is 68.6 cm³/mol. The molecule has 0 aromatic heterocycles. The highest BCUT2D eigenvalue weighted by molar-refractivity contribution is 5.75. The van der Waals surface area contributed by atoms with Crippen LogP contribution in [0.25, 0.3) is 0 Å². The molecule has 2 heteroatoms. The molecule has 0 saturated heterocycles. The van der Waals surface area contributed by atoms with Crippen LogP contribution in [0.5, 0.6) is 0 Å². The van der Waals surface area contributed by atoms with E-state index in [1.54, 1.807) is 0 Å². The van der Waals surface area contributed by atoms with Gasteiger partial charge in [-0.15, -0.1) is 0 Å². The van der Waals surface area contributed by atoms with E-state index in [4.69, 9.17) is 4.74 Å². The van der Waals surface area contributed by atoms with Gasteiger partial charge in [0.2, 0.25) is 0 Å². The first-order chi connectivity index (χ1) is 8.00. The van der Waals surface area contributed by atoms with Crippen LogP contribution in [-0.2, 0) is 9.53 Å². The van der Waals surface area contributed by atoms with Crippen molar-refractivity contribution in [2.75, 3.05) is 7.11 Å². The number of rotatable bonds is 4. The van der Waals surface area contributed by atoms with Gasteiger partial charge in [0, 0.05) is 0 Å². The molecule has 17 heavy (non-hydrogen) atoms. The Morgan fingerprint density at radius 3 is 2.59 bits per heavy atom. The SMILES string of the molecule is COC(=O)C(C)(C)CC1(C2CC=CCC2)CC1. The molecular weight excluding hydrogens is 212 g/mol. The van der Waals surface area contributed by atoms with E-state index in [1.807, 2.05) is 13.8 Å². The molecule has 0 heterocycles. The minimum atomic E-state index is -0.327. The summed E-state index contributed by atoms with van der Waals surface area (Å²) in [5.41, 5.74) is 0.106. The second-order valence-electron chi connectivity index (χ2n) is 6.40. The highest BCUT2D eigenvalue weighted by Crippen LogP contribution is 2.61. The summed E-state index contributed by atoms with van der Waals surface area (Å²) in [5.74, 6) is 0.728. The fourth-order valence-corrected chi connectivity index (χ4v) is 3.47. The zero-order chi connectivity index (χ0) is 12.5. The monoisotopic (exact) mass is 236 g/mol. The van der Waals surface area contributed by atoms with Crippen LogP contribution in [0.1, 0.15) is 52.4 Å². The number of carbonyl (C=O) groups excluding carboxylic acids is 1. The second kappa shape index (κ2) is 4.47. The molecule has 0 N–H and O–H groups in total. The predicted octanol–water partition coefficient (Wildman–Crippen LogP) is 3.71. The minimum Gasteiger partial charge on any atom is -0.469 e. The van der Waals surface area contributed by atoms with Crippen LogP contribution >= 0.6 is 0 Å². The van der Waals surface area contributed by atoms with Gasteiger partial charge in [-0.05, 0) is 63.7 Å². The van der Waals surface area contributed by atoms with Crippen molar-refractivity contribution >= 4 is 5.97 Å². The van der Waals surface area contributed by atoms with Crippen LogP contribution in [0.4, 0.5) is 0 Å². The van der Waals surface area contributed by atoms with Gasteiger partial charge in [-0.25, -0.2) is 0 Å². The smallest absolute Gasteiger partial charge is 0.311 e. The number of ether oxygens (including phenoxy) is 1. The van der Waals surface area contributed by atoms with Gasteiger partial charge in [0.25, 0.3) is 0 Å². The van der Waals surface area contributed by atoms with Crippen molar-refractivity contribution in [3.05, 3.63) is 12.2 Å². The topological polar surface area (TPSA) is 26.3 Å². The first-order valence-electron chi connectivity index (χ1n) is 6.74. The molecule has 0 radical (unpaired) electrons. The molecule has 2 aliphatic carbocycles. The molecule has 1 fully saturated rings. The van der Waals surface area contributed by atoms with E-state index in [2.05, 4.69) is 12.2 Å². The third-order valence-electron chi connectivity index (χ3n) is 4.56. The normalized spacial score (nSPS) is 26.6. The molecule has 2 nitrogen and oxygen atoms in total. The summed E-state index contributed by atoms with van der Waals surface area (Å²) in [6.07, 6.45) is 11.9. The summed E-state index contributed by atoms with van der Waals surface area (Å²) in [6.45, 7) is 4.05. The highest BCUT2D eigenvalue weighted by atomic mass is 16.5. The van der Waals surface area contributed by atoms with Crippen molar-refractivity contribution in [1.29, 1.82) is 0 Å². The molecule has 0 aromatic rings. The second-order valence-corrected chi connectivity index (χ2v) is 6.40. The third-order valence-corrected chi connectivity index (χ3v) is 4.56. The van der Waals surface area contributed by atoms with Gasteiger partial charge in [0.15, 0.2) is 0 Å². The average molecular weight is 236 g/mol. The Hall–Kier alpha value is -0.790. The maximum absolute atomic E-state index is 11.8. The number of esters is 1. The first kappa shape index (κ1) is 12.7. The number of hydrogen-bond acceptors (Lipinski definition) is 2. The van der Waals surface area contributed by atoms with E-state index >= 15 is 0 Å². The van der Waals surface area contributed by atoms with Crippen LogP contribution in [0.15, 0.2) is 12.2 Å². The van der Waals surface area contributed by atoms with Crippen molar-refractivity contribution < 1.29 is 9.53 Å². The quantitative estimate of drug-likeness (QED) is 0.549. The summed E-state index contributed by atoms with van der Waals surface area (Å²) < 4.78 is 4.92. The number of methoxy groups -OCH3 is 1. The maximum atomic E-state index is 11.8. The lowest BCUT2D eigenvalue weighted by Crippen LogP contribution is -2.32. The van der Waals surface area contributed by atoms with Crippen LogP contribution in [0.3, 0.4) is 0 Å². The molecular formula is C15H24O2. The molecule has 0 amide bonds. The molecule has 0 bridgehead atoms. The average Bonchev–Trinajstić information content (AvgIpc) is 3.09. The zero-order valence-electron chi connectivity index (χ0n) is 11.3. The molecule has 96 valence electrons. The van der Waals surface area contributed by atoms with Gasteiger partial charge in [-0.3, -0.25) is 4.79 Å². The minimum absolute atomic E-state index is 0.0601. The highest BCUT2D eigenvalue weighted by Gasteiger charge is 2.52. The van der Waals surface area contributed by atoms with Crippen LogP contribution in [0, 0.1) is 16.7 Å². The molecule has 0 aromatic carbocycles. The largest absolute Gasteiger partial charge is 0.469 e. The Kier molecular flexibility index (Phi) is 3.33. The molecule has 1 saturated carbocycles. The van der Waals surface area contributed by atoms with Crippen molar-refractivity contribution in [2.45, 2.75) is 52.4 Å². The lowest BCUT2D eigenvalue weighted by atomic mass is 9.71. The van der Waals surface area contributed by atoms with E-state index in [1.165, 1.54) is 39.2 Å². The van der Waals surface area contributed by atoms with E-state index in [-0.39, 0.29) is 11.4 Å². The summed E-state index contributed by atoms with van der Waals surface area (Å²) in [5, 5.41) is 0. The van der Waals surface area contributed by atoms with E-state index in [0.29, 0.717) is 5.41 Å². The molecule has 1 atom stereocenters. The fourth-order valence-electron chi connectivity index (χ4n) is 3.47. The van der Waals surface area contributed by atoms with Gasteiger partial charge >= 0.3 is 5.97 Å². The van der Waals surface area contributed by atoms with Gasteiger partial charge in [-0.2, -0.15) is 0 Å². The molecule has 1 unspecified atom stereocenters. The number of carbonyl (C=O) groups is 1. The van der Waals surface area contributed by atoms with E-state index in [9.17, 15) is 4.79 Å². The Balaban J connectivity index is 2.02. The fraction of sp³-hybridized carbons (Fsp3) is 0.800. The lowest BCUT2D eigenvalue weighted by Gasteiger charge is -2.33. The van der Waals surface area contributed by atoms with Gasteiger partial charge in [0.1, 0.15) is 0 Å². The summed E-state index contributed by atoms with van der Waals surface area (Å²) in [7, 11) is 1.49. The maximum Gasteiger partial charge on any atom is 0.311 e. The number of hydrogen-bond donors (Lipinski definition) is 0. The van der Waals surface area contributed by atoms with Gasteiger partial charge < -0.3 is 4.74 Å². The van der Waals surface area contributed by atoms with E-state index < -0.39 is 0 Å². The van der Waals surface area contributed by atoms with Crippen LogP contribution < -0.4 is 0 Å². The summed E-state index contributed by atoms with van der Waals surface area (Å²) in [4.78, 5) is 11.8. The lowest BCUT2D eigenvalue weighted by molar-refractivity contribution is -0.152. The Labute approximate surface area is 104 Å². The molecule has 0 spiro atoms. The van der Waals surface area contributed by atoms with Crippen LogP contribution in [0.2, 0.25) is 0 Å². The zero-order valence-corrected chi connectivity index (χ0v) is 11.3. The summed E-state index contributed by atoms with van der Waals surface area (Å²) >= 11 is 0.